The van der Waals surface area contributed by atoms with Gasteiger partial charge in [-0.25, -0.2) is 0 Å². The number of hydrogen-bond donors (Lipinski definition) is 3. The maximum Gasteiger partial charge on any atom is 0.265 e. The first-order chi connectivity index (χ1) is 10.5. The average molecular weight is 297 g/mol. The van der Waals surface area contributed by atoms with Gasteiger partial charge in [-0.05, 0) is 49.4 Å². The number of anilines is 1. The Morgan fingerprint density at radius 3 is 2.82 bits per heavy atom. The highest BCUT2D eigenvalue weighted by atomic mass is 16.2. The lowest BCUT2D eigenvalue weighted by Crippen LogP contribution is -2.17. The summed E-state index contributed by atoms with van der Waals surface area (Å²) in [7, 11) is 0. The van der Waals surface area contributed by atoms with Crippen LogP contribution >= 0.6 is 0 Å². The fourth-order valence-electron chi connectivity index (χ4n) is 2.73. The van der Waals surface area contributed by atoms with Crippen molar-refractivity contribution in [1.82, 2.24) is 4.98 Å². The van der Waals surface area contributed by atoms with Crippen molar-refractivity contribution in [2.24, 2.45) is 11.7 Å². The third-order valence-corrected chi connectivity index (χ3v) is 4.11. The zero-order valence-corrected chi connectivity index (χ0v) is 12.5. The molecule has 3 rings (SSSR count). The van der Waals surface area contributed by atoms with Crippen LogP contribution < -0.4 is 11.1 Å². The summed E-state index contributed by atoms with van der Waals surface area (Å²) in [6, 6.07) is 7.17. The number of benzene rings is 1. The summed E-state index contributed by atoms with van der Waals surface area (Å²) in [5.74, 6) is 0.111. The minimum atomic E-state index is -0.497. The van der Waals surface area contributed by atoms with Crippen LogP contribution in [0.1, 0.15) is 36.7 Å². The van der Waals surface area contributed by atoms with Crippen molar-refractivity contribution in [3.05, 3.63) is 41.6 Å². The third-order valence-electron chi connectivity index (χ3n) is 4.11. The first-order valence-corrected chi connectivity index (χ1v) is 7.46. The standard InChI is InChI=1S/C17H19N3O2/c1-10-2-4-11(5-3-10)17(22)19-13-6-7-14-12(8-13)9-15(20-14)16(18)21/h4,6-10,20H,2-3,5H2,1H3,(H2,18,21)(H,19,22). The molecular weight excluding hydrogens is 278 g/mol. The van der Waals surface area contributed by atoms with Gasteiger partial charge in [0.1, 0.15) is 5.69 Å². The van der Waals surface area contributed by atoms with Gasteiger partial charge in [0, 0.05) is 22.2 Å². The Morgan fingerprint density at radius 1 is 1.32 bits per heavy atom. The average Bonchev–Trinajstić information content (AvgIpc) is 2.91. The van der Waals surface area contributed by atoms with Gasteiger partial charge in [-0.2, -0.15) is 0 Å². The van der Waals surface area contributed by atoms with Gasteiger partial charge in [0.2, 0.25) is 0 Å². The topological polar surface area (TPSA) is 88.0 Å². The molecule has 22 heavy (non-hydrogen) atoms. The van der Waals surface area contributed by atoms with Gasteiger partial charge < -0.3 is 16.0 Å². The van der Waals surface area contributed by atoms with Gasteiger partial charge in [-0.1, -0.05) is 13.0 Å². The highest BCUT2D eigenvalue weighted by Crippen LogP contribution is 2.25. The molecule has 0 saturated heterocycles. The molecule has 0 aliphatic heterocycles. The highest BCUT2D eigenvalue weighted by Gasteiger charge is 2.16. The number of carbonyl (C=O) groups excluding carboxylic acids is 2. The number of rotatable bonds is 3. The largest absolute Gasteiger partial charge is 0.364 e. The fraction of sp³-hybridized carbons (Fsp3) is 0.294. The number of primary amides is 1. The van der Waals surface area contributed by atoms with E-state index in [-0.39, 0.29) is 5.91 Å². The van der Waals surface area contributed by atoms with Crippen LogP contribution in [0.4, 0.5) is 5.69 Å². The predicted octanol–water partition coefficient (Wildman–Crippen LogP) is 2.95. The van der Waals surface area contributed by atoms with Crippen LogP contribution in [0.25, 0.3) is 10.9 Å². The molecule has 1 atom stereocenters. The minimum absolute atomic E-state index is 0.0445. The maximum absolute atomic E-state index is 12.3. The molecule has 1 unspecified atom stereocenters. The normalized spacial score (nSPS) is 18.0. The number of allylic oxidation sites excluding steroid dienone is 1. The fourth-order valence-corrected chi connectivity index (χ4v) is 2.73. The van der Waals surface area contributed by atoms with Gasteiger partial charge in [-0.15, -0.1) is 0 Å². The van der Waals surface area contributed by atoms with Crippen molar-refractivity contribution < 1.29 is 9.59 Å². The molecule has 0 bridgehead atoms. The maximum atomic E-state index is 12.3. The molecule has 0 radical (unpaired) electrons. The molecule has 0 fully saturated rings. The van der Waals surface area contributed by atoms with E-state index in [9.17, 15) is 9.59 Å². The molecule has 1 aliphatic rings. The lowest BCUT2D eigenvalue weighted by atomic mass is 9.91. The summed E-state index contributed by atoms with van der Waals surface area (Å²) >= 11 is 0. The summed E-state index contributed by atoms with van der Waals surface area (Å²) < 4.78 is 0. The van der Waals surface area contributed by atoms with E-state index in [4.69, 9.17) is 5.73 Å². The number of H-pyrrole nitrogens is 1. The number of fused-ring (bicyclic) bond motifs is 1. The molecular formula is C17H19N3O2. The van der Waals surface area contributed by atoms with Crippen molar-refractivity contribution in [3.8, 4) is 0 Å². The smallest absolute Gasteiger partial charge is 0.265 e. The third kappa shape index (κ3) is 2.88. The summed E-state index contributed by atoms with van der Waals surface area (Å²) in [6.07, 6.45) is 4.87. The van der Waals surface area contributed by atoms with Gasteiger partial charge in [0.05, 0.1) is 0 Å². The molecule has 2 aromatic rings. The van der Waals surface area contributed by atoms with E-state index >= 15 is 0 Å². The van der Waals surface area contributed by atoms with E-state index in [0.29, 0.717) is 17.3 Å². The zero-order chi connectivity index (χ0) is 15.7. The number of hydrogen-bond acceptors (Lipinski definition) is 2. The van der Waals surface area contributed by atoms with E-state index in [1.54, 1.807) is 6.07 Å². The van der Waals surface area contributed by atoms with Crippen LogP contribution in [-0.4, -0.2) is 16.8 Å². The molecule has 114 valence electrons. The minimum Gasteiger partial charge on any atom is -0.364 e. The molecule has 1 aromatic heterocycles. The van der Waals surface area contributed by atoms with Gasteiger partial charge in [-0.3, -0.25) is 9.59 Å². The molecule has 1 heterocycles. The van der Waals surface area contributed by atoms with Gasteiger partial charge >= 0.3 is 0 Å². The van der Waals surface area contributed by atoms with Crippen LogP contribution in [0.3, 0.4) is 0 Å². The van der Waals surface area contributed by atoms with Crippen molar-refractivity contribution >= 4 is 28.4 Å². The second kappa shape index (κ2) is 5.67. The lowest BCUT2D eigenvalue weighted by molar-refractivity contribution is -0.113. The Balaban J connectivity index is 1.79. The molecule has 1 aromatic carbocycles. The lowest BCUT2D eigenvalue weighted by Gasteiger charge is -2.17. The van der Waals surface area contributed by atoms with Crippen LogP contribution in [0.5, 0.6) is 0 Å². The van der Waals surface area contributed by atoms with E-state index in [1.165, 1.54) is 0 Å². The SMILES string of the molecule is CC1CC=C(C(=O)Nc2ccc3[nH]c(C(N)=O)cc3c2)CC1. The van der Waals surface area contributed by atoms with E-state index in [1.807, 2.05) is 24.3 Å². The summed E-state index contributed by atoms with van der Waals surface area (Å²) in [5, 5.41) is 3.77. The van der Waals surface area contributed by atoms with Crippen LogP contribution in [0, 0.1) is 5.92 Å². The Hall–Kier alpha value is -2.56. The number of carbonyl (C=O) groups is 2. The van der Waals surface area contributed by atoms with Gasteiger partial charge in [0.25, 0.3) is 11.8 Å². The van der Waals surface area contributed by atoms with E-state index < -0.39 is 5.91 Å². The molecule has 2 amide bonds. The molecule has 0 saturated carbocycles. The van der Waals surface area contributed by atoms with Gasteiger partial charge in [0.15, 0.2) is 0 Å². The molecule has 1 aliphatic carbocycles. The first-order valence-electron chi connectivity index (χ1n) is 7.46. The van der Waals surface area contributed by atoms with Crippen molar-refractivity contribution in [3.63, 3.8) is 0 Å². The Kier molecular flexibility index (Phi) is 3.71. The zero-order valence-electron chi connectivity index (χ0n) is 12.5. The summed E-state index contributed by atoms with van der Waals surface area (Å²) in [5.41, 5.74) is 8.01. The Labute approximate surface area is 128 Å². The molecule has 0 spiro atoms. The molecule has 4 N–H and O–H groups in total. The Morgan fingerprint density at radius 2 is 2.14 bits per heavy atom. The number of aromatic amines is 1. The van der Waals surface area contributed by atoms with Crippen molar-refractivity contribution in [2.75, 3.05) is 5.32 Å². The molecule has 5 heteroatoms. The highest BCUT2D eigenvalue weighted by molar-refractivity contribution is 6.05. The van der Waals surface area contributed by atoms with Crippen LogP contribution in [-0.2, 0) is 4.79 Å². The number of amides is 2. The van der Waals surface area contributed by atoms with E-state index in [0.717, 1.165) is 35.7 Å². The first kappa shape index (κ1) is 14.4. The van der Waals surface area contributed by atoms with E-state index in [2.05, 4.69) is 17.2 Å². The van der Waals surface area contributed by atoms with Crippen molar-refractivity contribution in [2.45, 2.75) is 26.2 Å². The monoisotopic (exact) mass is 297 g/mol. The summed E-state index contributed by atoms with van der Waals surface area (Å²) in [4.78, 5) is 26.4. The van der Waals surface area contributed by atoms with Crippen molar-refractivity contribution in [1.29, 1.82) is 0 Å². The predicted molar refractivity (Wildman–Crippen MR) is 86.5 cm³/mol. The molecule has 5 nitrogen and oxygen atoms in total. The van der Waals surface area contributed by atoms with Crippen LogP contribution in [0.2, 0.25) is 0 Å². The summed E-state index contributed by atoms with van der Waals surface area (Å²) in [6.45, 7) is 2.20. The van der Waals surface area contributed by atoms with Crippen LogP contribution in [0.15, 0.2) is 35.9 Å². The second-order valence-corrected chi connectivity index (χ2v) is 5.91. The number of nitrogens with one attached hydrogen (secondary N) is 2. The Bertz CT molecular complexity index is 773. The number of nitrogens with two attached hydrogens (primary N) is 1. The second-order valence-electron chi connectivity index (χ2n) is 5.91. The number of aromatic nitrogens is 1. The quantitative estimate of drug-likeness (QED) is 0.813.